The first-order valence-corrected chi connectivity index (χ1v) is 6.31. The Kier molecular flexibility index (Phi) is 3.66. The van der Waals surface area contributed by atoms with E-state index in [4.69, 9.17) is 28.9 Å². The molecule has 4 nitrogen and oxygen atoms in total. The van der Waals surface area contributed by atoms with Crippen molar-refractivity contribution >= 4 is 34.8 Å². The van der Waals surface area contributed by atoms with Crippen molar-refractivity contribution in [3.05, 3.63) is 16.1 Å². The van der Waals surface area contributed by atoms with Gasteiger partial charge in [-0.05, 0) is 20.0 Å². The van der Waals surface area contributed by atoms with Gasteiger partial charge in [-0.15, -0.1) is 0 Å². The Labute approximate surface area is 111 Å². The van der Waals surface area contributed by atoms with Gasteiger partial charge < -0.3 is 15.5 Å². The third-order valence-electron chi connectivity index (χ3n) is 3.04. The van der Waals surface area contributed by atoms with E-state index in [1.165, 1.54) is 0 Å². The van der Waals surface area contributed by atoms with E-state index in [1.54, 1.807) is 6.07 Å². The molecule has 2 N–H and O–H groups in total. The number of nitrogens with zero attached hydrogens (tertiary/aromatic N) is 3. The molecule has 1 saturated heterocycles. The van der Waals surface area contributed by atoms with Crippen LogP contribution in [0.4, 0.5) is 11.6 Å². The van der Waals surface area contributed by atoms with Gasteiger partial charge in [-0.2, -0.15) is 0 Å². The van der Waals surface area contributed by atoms with Crippen molar-refractivity contribution in [3.8, 4) is 0 Å². The van der Waals surface area contributed by atoms with Crippen LogP contribution >= 0.6 is 23.2 Å². The fourth-order valence-electron chi connectivity index (χ4n) is 2.13. The highest BCUT2D eigenvalue weighted by Gasteiger charge is 2.24. The third-order valence-corrected chi connectivity index (χ3v) is 3.62. The zero-order valence-corrected chi connectivity index (χ0v) is 11.5. The lowest BCUT2D eigenvalue weighted by Gasteiger charge is -2.39. The van der Waals surface area contributed by atoms with Crippen molar-refractivity contribution in [2.24, 2.45) is 0 Å². The van der Waals surface area contributed by atoms with Gasteiger partial charge >= 0.3 is 0 Å². The average molecular weight is 275 g/mol. The van der Waals surface area contributed by atoms with Crippen LogP contribution in [-0.2, 0) is 0 Å². The van der Waals surface area contributed by atoms with Crippen LogP contribution in [0.5, 0.6) is 0 Å². The molecule has 0 spiro atoms. The molecule has 94 valence electrons. The van der Waals surface area contributed by atoms with Crippen LogP contribution in [0.25, 0.3) is 0 Å². The quantitative estimate of drug-likeness (QED) is 0.852. The lowest BCUT2D eigenvalue weighted by Crippen LogP contribution is -2.51. The van der Waals surface area contributed by atoms with Crippen LogP contribution in [0, 0.1) is 0 Å². The highest BCUT2D eigenvalue weighted by molar-refractivity contribution is 6.37. The van der Waals surface area contributed by atoms with Crippen molar-refractivity contribution < 1.29 is 0 Å². The van der Waals surface area contributed by atoms with E-state index >= 15 is 0 Å². The Morgan fingerprint density at radius 2 is 2.06 bits per heavy atom. The molecule has 17 heavy (non-hydrogen) atoms. The van der Waals surface area contributed by atoms with Gasteiger partial charge in [0.25, 0.3) is 0 Å². The molecule has 0 radical (unpaired) electrons. The minimum absolute atomic E-state index is 0.331. The van der Waals surface area contributed by atoms with E-state index in [0.29, 0.717) is 21.9 Å². The first-order valence-electron chi connectivity index (χ1n) is 5.55. The number of hydrogen-bond donors (Lipinski definition) is 1. The second kappa shape index (κ2) is 4.88. The standard InChI is InChI=1S/C11H16Cl2N4/c1-7-6-16(2)3-4-17(7)11-9(13)5-8(12)10(14)15-11/h5,7H,3-4,6H2,1-2H3,(H2,14,15). The summed E-state index contributed by atoms with van der Waals surface area (Å²) in [6, 6.07) is 2.02. The van der Waals surface area contributed by atoms with Gasteiger partial charge in [-0.3, -0.25) is 0 Å². The maximum atomic E-state index is 6.18. The molecule has 2 rings (SSSR count). The molecule has 1 aromatic heterocycles. The van der Waals surface area contributed by atoms with E-state index < -0.39 is 0 Å². The summed E-state index contributed by atoms with van der Waals surface area (Å²) in [6.45, 7) is 5.02. The molecule has 1 aromatic rings. The number of likely N-dealkylation sites (N-methyl/N-ethyl adjacent to an activating group) is 1. The zero-order valence-electron chi connectivity index (χ0n) is 9.95. The molecule has 1 aliphatic heterocycles. The van der Waals surface area contributed by atoms with Crippen molar-refractivity contribution in [1.82, 2.24) is 9.88 Å². The topological polar surface area (TPSA) is 45.4 Å². The second-order valence-electron chi connectivity index (χ2n) is 4.47. The van der Waals surface area contributed by atoms with Gasteiger partial charge in [0.15, 0.2) is 0 Å². The Morgan fingerprint density at radius 1 is 1.35 bits per heavy atom. The summed E-state index contributed by atoms with van der Waals surface area (Å²) in [6.07, 6.45) is 0. The summed E-state index contributed by atoms with van der Waals surface area (Å²) in [7, 11) is 2.11. The van der Waals surface area contributed by atoms with Gasteiger partial charge in [0.05, 0.1) is 10.0 Å². The maximum absolute atomic E-state index is 6.18. The largest absolute Gasteiger partial charge is 0.382 e. The molecule has 0 aromatic carbocycles. The van der Waals surface area contributed by atoms with Crippen LogP contribution in [0.3, 0.4) is 0 Å². The predicted octanol–water partition coefficient (Wildman–Crippen LogP) is 2.11. The highest BCUT2D eigenvalue weighted by Crippen LogP contribution is 2.31. The lowest BCUT2D eigenvalue weighted by atomic mass is 10.2. The van der Waals surface area contributed by atoms with E-state index in [0.717, 1.165) is 25.5 Å². The molecule has 2 heterocycles. The van der Waals surface area contributed by atoms with E-state index in [9.17, 15) is 0 Å². The first kappa shape index (κ1) is 12.7. The molecule has 1 atom stereocenters. The van der Waals surface area contributed by atoms with Crippen molar-refractivity contribution in [2.45, 2.75) is 13.0 Å². The minimum Gasteiger partial charge on any atom is -0.382 e. The van der Waals surface area contributed by atoms with Crippen LogP contribution in [0.15, 0.2) is 6.07 Å². The van der Waals surface area contributed by atoms with Crippen molar-refractivity contribution in [2.75, 3.05) is 37.3 Å². The molecule has 0 bridgehead atoms. The molecule has 1 unspecified atom stereocenters. The number of rotatable bonds is 1. The van der Waals surface area contributed by atoms with Gasteiger partial charge in [-0.1, -0.05) is 23.2 Å². The Bertz CT molecular complexity index is 424. The number of halogens is 2. The van der Waals surface area contributed by atoms with Gasteiger partial charge in [-0.25, -0.2) is 4.98 Å². The van der Waals surface area contributed by atoms with Gasteiger partial charge in [0.1, 0.15) is 11.6 Å². The summed E-state index contributed by atoms with van der Waals surface area (Å²) < 4.78 is 0. The fraction of sp³-hybridized carbons (Fsp3) is 0.545. The number of pyridine rings is 1. The minimum atomic E-state index is 0.331. The summed E-state index contributed by atoms with van der Waals surface area (Å²) in [5.41, 5.74) is 5.73. The fourth-order valence-corrected chi connectivity index (χ4v) is 2.59. The van der Waals surface area contributed by atoms with Crippen molar-refractivity contribution in [3.63, 3.8) is 0 Å². The molecule has 0 aliphatic carbocycles. The number of anilines is 2. The van der Waals surface area contributed by atoms with Crippen LogP contribution < -0.4 is 10.6 Å². The van der Waals surface area contributed by atoms with Crippen LogP contribution in [0.2, 0.25) is 10.0 Å². The number of hydrogen-bond acceptors (Lipinski definition) is 4. The molecule has 1 fully saturated rings. The predicted molar refractivity (Wildman–Crippen MR) is 73.0 cm³/mol. The van der Waals surface area contributed by atoms with Gasteiger partial charge in [0.2, 0.25) is 0 Å². The lowest BCUT2D eigenvalue weighted by molar-refractivity contribution is 0.275. The number of nitrogen functional groups attached to an aromatic ring is 1. The first-order chi connectivity index (χ1) is 7.99. The Balaban J connectivity index is 2.31. The monoisotopic (exact) mass is 274 g/mol. The molecule has 0 saturated carbocycles. The number of nitrogens with two attached hydrogens (primary N) is 1. The third kappa shape index (κ3) is 2.59. The Morgan fingerprint density at radius 3 is 2.71 bits per heavy atom. The second-order valence-corrected chi connectivity index (χ2v) is 5.28. The summed E-state index contributed by atoms with van der Waals surface area (Å²) >= 11 is 12.1. The average Bonchev–Trinajstić information content (AvgIpc) is 2.24. The van der Waals surface area contributed by atoms with E-state index in [2.05, 4.69) is 28.8 Å². The molecular formula is C11H16Cl2N4. The Hall–Kier alpha value is -0.710. The molecule has 6 heteroatoms. The highest BCUT2D eigenvalue weighted by atomic mass is 35.5. The zero-order chi connectivity index (χ0) is 12.6. The van der Waals surface area contributed by atoms with E-state index in [-0.39, 0.29) is 0 Å². The smallest absolute Gasteiger partial charge is 0.150 e. The summed E-state index contributed by atoms with van der Waals surface area (Å²) in [4.78, 5) is 8.75. The number of aromatic nitrogens is 1. The number of piperazine rings is 1. The SMILES string of the molecule is CC1CN(C)CCN1c1nc(N)c(Cl)cc1Cl. The summed E-state index contributed by atoms with van der Waals surface area (Å²) in [5, 5.41) is 0.959. The van der Waals surface area contributed by atoms with Crippen LogP contribution in [-0.4, -0.2) is 42.6 Å². The summed E-state index contributed by atoms with van der Waals surface area (Å²) in [5.74, 6) is 1.06. The normalized spacial score (nSPS) is 21.9. The molecule has 0 amide bonds. The van der Waals surface area contributed by atoms with Crippen LogP contribution in [0.1, 0.15) is 6.92 Å². The maximum Gasteiger partial charge on any atom is 0.150 e. The molecular weight excluding hydrogens is 259 g/mol. The van der Waals surface area contributed by atoms with Crippen molar-refractivity contribution in [1.29, 1.82) is 0 Å². The van der Waals surface area contributed by atoms with E-state index in [1.807, 2.05) is 0 Å². The molecule has 1 aliphatic rings. The van der Waals surface area contributed by atoms with Gasteiger partial charge in [0, 0.05) is 25.7 Å².